The first-order valence-corrected chi connectivity index (χ1v) is 6.87. The van der Waals surface area contributed by atoms with Gasteiger partial charge in [-0.3, -0.25) is 14.4 Å². The average Bonchev–Trinajstić information content (AvgIpc) is 2.68. The number of aliphatic carboxylic acids is 1. The molecule has 0 aromatic heterocycles. The van der Waals surface area contributed by atoms with Gasteiger partial charge in [-0.1, -0.05) is 6.42 Å². The van der Waals surface area contributed by atoms with E-state index in [4.69, 9.17) is 0 Å². The first-order valence-electron chi connectivity index (χ1n) is 6.87. The summed E-state index contributed by atoms with van der Waals surface area (Å²) in [4.78, 5) is 38.9. The lowest BCUT2D eigenvalue weighted by molar-refractivity contribution is -0.169. The molecule has 3 fully saturated rings. The number of carbonyl (C=O) groups excluding carboxylic acids is 2. The second-order valence-electron chi connectivity index (χ2n) is 5.77. The molecular formula is C13H18N2O4. The summed E-state index contributed by atoms with van der Waals surface area (Å²) in [6, 6.07) is 0.0936. The molecule has 3 rings (SSSR count). The van der Waals surface area contributed by atoms with Gasteiger partial charge in [0.05, 0.1) is 0 Å². The van der Waals surface area contributed by atoms with Crippen LogP contribution in [0.15, 0.2) is 0 Å². The van der Waals surface area contributed by atoms with Crippen LogP contribution in [-0.2, 0) is 14.4 Å². The van der Waals surface area contributed by atoms with Crippen molar-refractivity contribution >= 4 is 17.8 Å². The van der Waals surface area contributed by atoms with E-state index in [1.165, 1.54) is 0 Å². The Bertz CT molecular complexity index is 444. The molecule has 0 radical (unpaired) electrons. The van der Waals surface area contributed by atoms with Crippen molar-refractivity contribution in [3.8, 4) is 0 Å². The third-order valence-corrected chi connectivity index (χ3v) is 4.81. The van der Waals surface area contributed by atoms with E-state index < -0.39 is 11.4 Å². The number of fused-ring (bicyclic) bond motifs is 1. The predicted octanol–water partition coefficient (Wildman–Crippen LogP) is 0.0745. The Morgan fingerprint density at radius 2 is 2.00 bits per heavy atom. The Morgan fingerprint density at radius 1 is 1.26 bits per heavy atom. The van der Waals surface area contributed by atoms with Gasteiger partial charge in [-0.05, 0) is 19.3 Å². The zero-order chi connectivity index (χ0) is 13.6. The van der Waals surface area contributed by atoms with Crippen LogP contribution < -0.4 is 0 Å². The van der Waals surface area contributed by atoms with Crippen molar-refractivity contribution in [1.82, 2.24) is 9.80 Å². The molecule has 1 aliphatic carbocycles. The summed E-state index contributed by atoms with van der Waals surface area (Å²) >= 11 is 0. The summed E-state index contributed by atoms with van der Waals surface area (Å²) in [6.07, 6.45) is 3.04. The molecular weight excluding hydrogens is 248 g/mol. The molecule has 0 aromatic carbocycles. The molecule has 1 atom stereocenters. The maximum Gasteiger partial charge on any atom is 0.319 e. The molecule has 1 N–H and O–H groups in total. The lowest BCUT2D eigenvalue weighted by Crippen LogP contribution is -2.59. The van der Waals surface area contributed by atoms with Crippen molar-refractivity contribution in [2.24, 2.45) is 5.41 Å². The molecule has 2 amide bonds. The minimum absolute atomic E-state index is 0.0936. The summed E-state index contributed by atoms with van der Waals surface area (Å²) in [5, 5.41) is 9.30. The highest BCUT2D eigenvalue weighted by Gasteiger charge is 2.54. The van der Waals surface area contributed by atoms with Crippen LogP contribution >= 0.6 is 0 Å². The van der Waals surface area contributed by atoms with Crippen LogP contribution in [0.2, 0.25) is 0 Å². The molecule has 0 bridgehead atoms. The molecule has 2 aliphatic heterocycles. The summed E-state index contributed by atoms with van der Waals surface area (Å²) in [7, 11) is 0. The minimum atomic E-state index is -1.18. The lowest BCUT2D eigenvalue weighted by atomic mass is 9.67. The number of amides is 2. The average molecular weight is 266 g/mol. The summed E-state index contributed by atoms with van der Waals surface area (Å²) < 4.78 is 0. The van der Waals surface area contributed by atoms with Gasteiger partial charge < -0.3 is 14.9 Å². The number of carboxylic acid groups (broad SMARTS) is 1. The molecule has 2 heterocycles. The third kappa shape index (κ3) is 1.73. The fraction of sp³-hybridized carbons (Fsp3) is 0.769. The maximum atomic E-state index is 12.5. The van der Waals surface area contributed by atoms with Crippen LogP contribution in [0, 0.1) is 5.41 Å². The second-order valence-corrected chi connectivity index (χ2v) is 5.77. The number of rotatable bonds is 2. The van der Waals surface area contributed by atoms with Crippen LogP contribution in [-0.4, -0.2) is 58.4 Å². The van der Waals surface area contributed by atoms with E-state index in [9.17, 15) is 19.5 Å². The van der Waals surface area contributed by atoms with E-state index >= 15 is 0 Å². The van der Waals surface area contributed by atoms with Crippen LogP contribution in [0.25, 0.3) is 0 Å². The van der Waals surface area contributed by atoms with Crippen LogP contribution in [0.3, 0.4) is 0 Å². The quantitative estimate of drug-likeness (QED) is 0.718. The highest BCUT2D eigenvalue weighted by atomic mass is 16.4. The van der Waals surface area contributed by atoms with Gasteiger partial charge in [0.1, 0.15) is 5.41 Å². The lowest BCUT2D eigenvalue weighted by Gasteiger charge is -2.44. The van der Waals surface area contributed by atoms with E-state index in [-0.39, 0.29) is 17.9 Å². The van der Waals surface area contributed by atoms with E-state index in [1.54, 1.807) is 4.90 Å². The van der Waals surface area contributed by atoms with Crippen molar-refractivity contribution < 1.29 is 19.5 Å². The maximum absolute atomic E-state index is 12.5. The monoisotopic (exact) mass is 266 g/mol. The Kier molecular flexibility index (Phi) is 2.76. The van der Waals surface area contributed by atoms with Gasteiger partial charge in [-0.2, -0.15) is 0 Å². The third-order valence-electron chi connectivity index (χ3n) is 4.81. The van der Waals surface area contributed by atoms with Crippen molar-refractivity contribution in [3.63, 3.8) is 0 Å². The van der Waals surface area contributed by atoms with Gasteiger partial charge in [0, 0.05) is 32.1 Å². The largest absolute Gasteiger partial charge is 0.480 e. The number of carboxylic acids is 1. The smallest absolute Gasteiger partial charge is 0.319 e. The second kappa shape index (κ2) is 4.21. The minimum Gasteiger partial charge on any atom is -0.480 e. The summed E-state index contributed by atoms with van der Waals surface area (Å²) in [5.74, 6) is -1.08. The Labute approximate surface area is 111 Å². The van der Waals surface area contributed by atoms with Crippen molar-refractivity contribution in [1.29, 1.82) is 0 Å². The molecule has 3 aliphatic rings. The van der Waals surface area contributed by atoms with Gasteiger partial charge in [0.25, 0.3) is 0 Å². The first-order chi connectivity index (χ1) is 9.04. The Balaban J connectivity index is 1.72. The highest BCUT2D eigenvalue weighted by Crippen LogP contribution is 2.43. The number of piperazine rings is 1. The SMILES string of the molecule is O=C1CCC2CN(C(=O)C3(C(=O)O)CCC3)CCN12. The normalized spacial score (nSPS) is 28.8. The fourth-order valence-electron chi connectivity index (χ4n) is 3.40. The van der Waals surface area contributed by atoms with Gasteiger partial charge >= 0.3 is 5.97 Å². The number of hydrogen-bond donors (Lipinski definition) is 1. The van der Waals surface area contributed by atoms with Gasteiger partial charge in [-0.25, -0.2) is 0 Å². The van der Waals surface area contributed by atoms with Crippen LogP contribution in [0.5, 0.6) is 0 Å². The van der Waals surface area contributed by atoms with E-state index in [0.717, 1.165) is 12.8 Å². The zero-order valence-corrected chi connectivity index (χ0v) is 10.8. The topological polar surface area (TPSA) is 77.9 Å². The molecule has 6 heteroatoms. The van der Waals surface area contributed by atoms with Gasteiger partial charge in [-0.15, -0.1) is 0 Å². The summed E-state index contributed by atoms with van der Waals surface area (Å²) in [5.41, 5.74) is -1.18. The molecule has 0 spiro atoms. The number of nitrogens with zero attached hydrogens (tertiary/aromatic N) is 2. The molecule has 19 heavy (non-hydrogen) atoms. The van der Waals surface area contributed by atoms with Gasteiger partial charge in [0.15, 0.2) is 0 Å². The van der Waals surface area contributed by atoms with Gasteiger partial charge in [0.2, 0.25) is 11.8 Å². The Hall–Kier alpha value is -1.59. The number of hydrogen-bond acceptors (Lipinski definition) is 3. The standard InChI is InChI=1S/C13H18N2O4/c16-10-3-2-9-8-14(6-7-15(9)10)11(17)13(12(18)19)4-1-5-13/h9H,1-8H2,(H,18,19). The van der Waals surface area contributed by atoms with Crippen molar-refractivity contribution in [2.45, 2.75) is 38.1 Å². The summed E-state index contributed by atoms with van der Waals surface area (Å²) in [6.45, 7) is 1.51. The highest BCUT2D eigenvalue weighted by molar-refractivity contribution is 6.03. The molecule has 0 aromatic rings. The molecule has 2 saturated heterocycles. The van der Waals surface area contributed by atoms with Crippen molar-refractivity contribution in [2.75, 3.05) is 19.6 Å². The number of carbonyl (C=O) groups is 3. The van der Waals surface area contributed by atoms with Crippen LogP contribution in [0.4, 0.5) is 0 Å². The fourth-order valence-corrected chi connectivity index (χ4v) is 3.40. The van der Waals surface area contributed by atoms with E-state index in [1.807, 2.05) is 4.90 Å². The zero-order valence-electron chi connectivity index (χ0n) is 10.8. The van der Waals surface area contributed by atoms with E-state index in [0.29, 0.717) is 38.9 Å². The predicted molar refractivity (Wildman–Crippen MR) is 65.2 cm³/mol. The Morgan fingerprint density at radius 3 is 2.58 bits per heavy atom. The van der Waals surface area contributed by atoms with Crippen LogP contribution in [0.1, 0.15) is 32.1 Å². The molecule has 6 nitrogen and oxygen atoms in total. The first kappa shape index (κ1) is 12.4. The molecule has 1 unspecified atom stereocenters. The molecule has 1 saturated carbocycles. The van der Waals surface area contributed by atoms with Crippen molar-refractivity contribution in [3.05, 3.63) is 0 Å². The molecule has 104 valence electrons. The van der Waals surface area contributed by atoms with E-state index in [2.05, 4.69) is 0 Å².